The molecule has 0 radical (unpaired) electrons. The first kappa shape index (κ1) is 27.8. The zero-order valence-corrected chi connectivity index (χ0v) is 19.6. The molecule has 7 N–H and O–H groups in total. The Morgan fingerprint density at radius 3 is 2.31 bits per heavy atom. The molecule has 0 aliphatic carbocycles. The van der Waals surface area contributed by atoms with Gasteiger partial charge in [-0.25, -0.2) is 9.59 Å². The minimum absolute atomic E-state index is 0.0610. The summed E-state index contributed by atoms with van der Waals surface area (Å²) < 4.78 is 4.94. The molecule has 0 aliphatic rings. The average Bonchev–Trinajstić information content (AvgIpc) is 3.33. The summed E-state index contributed by atoms with van der Waals surface area (Å²) in [4.78, 5) is 37.9. The van der Waals surface area contributed by atoms with Gasteiger partial charge in [-0.1, -0.05) is 53.2 Å². The first-order valence-corrected chi connectivity index (χ1v) is 11.0. The predicted molar refractivity (Wildman–Crippen MR) is 128 cm³/mol. The van der Waals surface area contributed by atoms with Gasteiger partial charge in [-0.2, -0.15) is 4.98 Å². The van der Waals surface area contributed by atoms with Gasteiger partial charge in [0.1, 0.15) is 11.8 Å². The fourth-order valence-corrected chi connectivity index (χ4v) is 2.86. The van der Waals surface area contributed by atoms with Crippen molar-refractivity contribution >= 4 is 18.0 Å². The summed E-state index contributed by atoms with van der Waals surface area (Å²) in [7, 11) is 0. The van der Waals surface area contributed by atoms with Gasteiger partial charge in [-0.05, 0) is 31.0 Å². The van der Waals surface area contributed by atoms with Crippen LogP contribution in [0, 0.1) is 6.92 Å². The van der Waals surface area contributed by atoms with Crippen molar-refractivity contribution in [2.45, 2.75) is 44.8 Å². The number of carboxylic acid groups (broad SMARTS) is 2. The molecule has 3 aromatic rings. The van der Waals surface area contributed by atoms with Gasteiger partial charge >= 0.3 is 18.0 Å². The van der Waals surface area contributed by atoms with Crippen LogP contribution in [0.5, 0.6) is 5.75 Å². The molecule has 1 aromatic heterocycles. The third-order valence-electron chi connectivity index (χ3n) is 4.80. The van der Waals surface area contributed by atoms with Gasteiger partial charge in [0.15, 0.2) is 5.82 Å². The van der Waals surface area contributed by atoms with E-state index in [9.17, 15) is 19.5 Å². The van der Waals surface area contributed by atoms with E-state index in [1.165, 1.54) is 5.56 Å². The third kappa shape index (κ3) is 10.2. The fraction of sp³-hybridized carbons (Fsp3) is 0.292. The molecule has 1 heterocycles. The van der Waals surface area contributed by atoms with Gasteiger partial charge < -0.3 is 36.2 Å². The Morgan fingerprint density at radius 1 is 1.06 bits per heavy atom. The van der Waals surface area contributed by atoms with Crippen LogP contribution in [0.1, 0.15) is 41.7 Å². The van der Waals surface area contributed by atoms with Crippen LogP contribution in [0.15, 0.2) is 59.1 Å². The number of phenols is 1. The van der Waals surface area contributed by atoms with Gasteiger partial charge in [-0.3, -0.25) is 4.79 Å². The number of rotatable bonds is 10. The lowest BCUT2D eigenvalue weighted by Gasteiger charge is -2.14. The number of nitrogens with zero attached hydrogens (tertiary/aromatic N) is 2. The summed E-state index contributed by atoms with van der Waals surface area (Å²) in [5.74, 6) is -1.63. The molecular formula is C24H29N5O7. The number of benzene rings is 2. The lowest BCUT2D eigenvalue weighted by Crippen LogP contribution is -2.46. The molecule has 0 fully saturated rings. The second-order valence-electron chi connectivity index (χ2n) is 7.83. The van der Waals surface area contributed by atoms with Gasteiger partial charge in [0.25, 0.3) is 0 Å². The highest BCUT2D eigenvalue weighted by Crippen LogP contribution is 2.12. The number of aryl methyl sites for hydroxylation is 1. The fourth-order valence-electron chi connectivity index (χ4n) is 2.86. The van der Waals surface area contributed by atoms with E-state index < -0.39 is 30.1 Å². The van der Waals surface area contributed by atoms with Crippen LogP contribution in [0.4, 0.5) is 4.79 Å². The second-order valence-corrected chi connectivity index (χ2v) is 7.83. The smallest absolute Gasteiger partial charge is 0.326 e. The zero-order chi connectivity index (χ0) is 26.5. The molecule has 2 aromatic carbocycles. The molecule has 0 spiro atoms. The lowest BCUT2D eigenvalue weighted by atomic mass is 10.1. The van der Waals surface area contributed by atoms with Crippen molar-refractivity contribution in [3.8, 4) is 5.75 Å². The zero-order valence-electron chi connectivity index (χ0n) is 19.6. The van der Waals surface area contributed by atoms with Crippen molar-refractivity contribution in [2.24, 2.45) is 5.73 Å². The summed E-state index contributed by atoms with van der Waals surface area (Å²) in [5, 5.41) is 35.1. The Morgan fingerprint density at radius 2 is 1.72 bits per heavy atom. The molecule has 12 nitrogen and oxygen atoms in total. The topological polar surface area (TPSA) is 201 Å². The minimum Gasteiger partial charge on any atom is -0.508 e. The van der Waals surface area contributed by atoms with Crippen LogP contribution < -0.4 is 16.4 Å². The minimum atomic E-state index is -1.16. The van der Waals surface area contributed by atoms with E-state index in [1.807, 2.05) is 25.1 Å². The Balaban J connectivity index is 0.000000482. The maximum atomic E-state index is 12.0. The van der Waals surface area contributed by atoms with E-state index in [1.54, 1.807) is 36.4 Å². The van der Waals surface area contributed by atoms with E-state index in [2.05, 4.69) is 20.8 Å². The molecule has 12 heteroatoms. The largest absolute Gasteiger partial charge is 0.508 e. The third-order valence-corrected chi connectivity index (χ3v) is 4.80. The predicted octanol–water partition coefficient (Wildman–Crippen LogP) is 2.13. The molecule has 2 amide bonds. The van der Waals surface area contributed by atoms with E-state index in [0.717, 1.165) is 5.56 Å². The number of hydrogen-bond donors (Lipinski definition) is 6. The first-order chi connectivity index (χ1) is 17.1. The standard InChI is InChI=1S/C17H21N5O6.C7H8O/c18-11(6-7-14(23)24)15-21-13(28-22-15)9-19-17(27)20-12(16(25)26)8-10-4-2-1-3-5-10;1-6-2-4-7(8)5-3-6/h1-5,11-12H,6-9,18H2,(H,23,24)(H,25,26)(H2,19,20,27);2-5,8H,1H3. The molecule has 0 aliphatic heterocycles. The van der Waals surface area contributed by atoms with E-state index in [0.29, 0.717) is 5.75 Å². The number of nitrogens with two attached hydrogens (primary N) is 1. The molecule has 3 rings (SSSR count). The van der Waals surface area contributed by atoms with Gasteiger partial charge in [0.2, 0.25) is 5.89 Å². The Hall–Kier alpha value is -4.45. The molecule has 2 atom stereocenters. The Kier molecular flexibility index (Phi) is 10.9. The maximum Gasteiger partial charge on any atom is 0.326 e. The van der Waals surface area contributed by atoms with E-state index >= 15 is 0 Å². The van der Waals surface area contributed by atoms with Crippen molar-refractivity contribution in [1.29, 1.82) is 0 Å². The average molecular weight is 500 g/mol. The molecule has 36 heavy (non-hydrogen) atoms. The highest BCUT2D eigenvalue weighted by molar-refractivity contribution is 5.82. The van der Waals surface area contributed by atoms with E-state index in [4.69, 9.17) is 20.5 Å². The van der Waals surface area contributed by atoms with Crippen molar-refractivity contribution in [2.75, 3.05) is 0 Å². The molecule has 2 unspecified atom stereocenters. The molecule has 0 saturated heterocycles. The second kappa shape index (κ2) is 14.1. The summed E-state index contributed by atoms with van der Waals surface area (Å²) in [5.41, 5.74) is 7.71. The number of urea groups is 1. The van der Waals surface area contributed by atoms with Crippen molar-refractivity contribution in [1.82, 2.24) is 20.8 Å². The van der Waals surface area contributed by atoms with Crippen molar-refractivity contribution < 1.29 is 34.2 Å². The number of amides is 2. The Bertz CT molecular complexity index is 1100. The van der Waals surface area contributed by atoms with Crippen LogP contribution in [0.3, 0.4) is 0 Å². The van der Waals surface area contributed by atoms with Crippen molar-refractivity contribution in [3.63, 3.8) is 0 Å². The van der Waals surface area contributed by atoms with Crippen molar-refractivity contribution in [3.05, 3.63) is 77.4 Å². The monoisotopic (exact) mass is 499 g/mol. The first-order valence-electron chi connectivity index (χ1n) is 11.0. The SMILES string of the molecule is Cc1ccc(O)cc1.NC(CCC(=O)O)c1noc(CNC(=O)NC(Cc2ccccc2)C(=O)O)n1. The summed E-state index contributed by atoms with van der Waals surface area (Å²) in [6.07, 6.45) is 0.137. The highest BCUT2D eigenvalue weighted by atomic mass is 16.5. The summed E-state index contributed by atoms with van der Waals surface area (Å²) in [6, 6.07) is 13.5. The van der Waals surface area contributed by atoms with Crippen LogP contribution in [0.2, 0.25) is 0 Å². The summed E-state index contributed by atoms with van der Waals surface area (Å²) >= 11 is 0. The number of aliphatic carboxylic acids is 2. The van der Waals surface area contributed by atoms with Crippen LogP contribution >= 0.6 is 0 Å². The number of carbonyl (C=O) groups excluding carboxylic acids is 1. The number of carboxylic acids is 2. The summed E-state index contributed by atoms with van der Waals surface area (Å²) in [6.45, 7) is 1.85. The number of carbonyl (C=O) groups is 3. The maximum absolute atomic E-state index is 12.0. The number of aromatic hydroxyl groups is 1. The van der Waals surface area contributed by atoms with Crippen LogP contribution in [-0.4, -0.2) is 49.5 Å². The number of phenolic OH excluding ortho intramolecular Hbond substituents is 1. The van der Waals surface area contributed by atoms with Gasteiger partial charge in [0.05, 0.1) is 12.6 Å². The molecule has 192 valence electrons. The quantitative estimate of drug-likeness (QED) is 0.240. The molecular weight excluding hydrogens is 470 g/mol. The van der Waals surface area contributed by atoms with Gasteiger partial charge in [-0.15, -0.1) is 0 Å². The van der Waals surface area contributed by atoms with Crippen LogP contribution in [-0.2, 0) is 22.6 Å². The molecule has 0 bridgehead atoms. The number of nitrogens with one attached hydrogen (secondary N) is 2. The number of aromatic nitrogens is 2. The Labute approximate surface area is 207 Å². The molecule has 0 saturated carbocycles. The lowest BCUT2D eigenvalue weighted by molar-refractivity contribution is -0.139. The van der Waals surface area contributed by atoms with Gasteiger partial charge in [0, 0.05) is 12.8 Å². The normalized spacial score (nSPS) is 11.9. The highest BCUT2D eigenvalue weighted by Gasteiger charge is 2.21. The number of hydrogen-bond acceptors (Lipinski definition) is 8. The van der Waals surface area contributed by atoms with Crippen LogP contribution in [0.25, 0.3) is 0 Å². The van der Waals surface area contributed by atoms with E-state index in [-0.39, 0.29) is 37.5 Å².